The van der Waals surface area contributed by atoms with Crippen LogP contribution in [-0.4, -0.2) is 80.3 Å². The van der Waals surface area contributed by atoms with Crippen LogP contribution in [0.3, 0.4) is 0 Å². The van der Waals surface area contributed by atoms with E-state index in [-0.39, 0.29) is 23.3 Å². The third kappa shape index (κ3) is 5.09. The maximum absolute atomic E-state index is 13.0. The van der Waals surface area contributed by atoms with Crippen LogP contribution in [0, 0.1) is 11.8 Å². The minimum absolute atomic E-state index is 0.140. The third-order valence-electron chi connectivity index (χ3n) is 6.29. The van der Waals surface area contributed by atoms with Crippen LogP contribution in [0.2, 0.25) is 0 Å². The first kappa shape index (κ1) is 24.7. The van der Waals surface area contributed by atoms with E-state index in [1.54, 1.807) is 47.8 Å². The number of sulfonamides is 1. The summed E-state index contributed by atoms with van der Waals surface area (Å²) in [5.74, 6) is 0.561. The summed E-state index contributed by atoms with van der Waals surface area (Å²) in [6.07, 6.45) is 1.53. The van der Waals surface area contributed by atoms with Gasteiger partial charge in [-0.25, -0.2) is 13.4 Å². The molecule has 1 aromatic carbocycles. The largest absolute Gasteiger partial charge is 0.475 e. The molecule has 1 N–H and O–H groups in total. The van der Waals surface area contributed by atoms with E-state index in [1.165, 1.54) is 6.08 Å². The Labute approximate surface area is 212 Å². The number of aromatic nitrogens is 2. The minimum Gasteiger partial charge on any atom is -0.475 e. The number of hydrogen-bond donors (Lipinski definition) is 1. The van der Waals surface area contributed by atoms with Gasteiger partial charge in [0.15, 0.2) is 0 Å². The lowest BCUT2D eigenvalue weighted by atomic mass is 10.0. The predicted octanol–water partition coefficient (Wildman–Crippen LogP) is 1.58. The quantitative estimate of drug-likeness (QED) is 0.396. The molecule has 0 saturated carbocycles. The number of ether oxygens (including phenoxy) is 2. The summed E-state index contributed by atoms with van der Waals surface area (Å²) in [5, 5.41) is 1.80. The number of hydrogen-bond acceptors (Lipinski definition) is 10. The molecule has 0 radical (unpaired) electrons. The first-order chi connectivity index (χ1) is 17.3. The highest BCUT2D eigenvalue weighted by Crippen LogP contribution is 2.36. The second kappa shape index (κ2) is 10.2. The van der Waals surface area contributed by atoms with Gasteiger partial charge in [0.25, 0.3) is 11.1 Å². The van der Waals surface area contributed by atoms with Gasteiger partial charge in [0.1, 0.15) is 6.61 Å². The highest BCUT2D eigenvalue weighted by atomic mass is 32.2. The number of rotatable bonds is 8. The molecule has 3 fully saturated rings. The number of amides is 2. The lowest BCUT2D eigenvalue weighted by Crippen LogP contribution is -2.33. The topological polar surface area (TPSA) is 131 Å². The van der Waals surface area contributed by atoms with Crippen molar-refractivity contribution in [3.8, 4) is 5.88 Å². The standard InChI is InChI=1S/C23H25N5O6S2/c1-33-7-8-34-20-10-17(9-19-21(29)26-23(30)35-19)24-22(25-20)27-11-15-13-28(14-16(15)12-27)36(31,32)18-5-3-2-4-6-18/h2-6,9-10,15-16H,7-8,11-14H2,1H3,(H,26,29,30). The van der Waals surface area contributed by atoms with Crippen molar-refractivity contribution in [3.05, 3.63) is 47.0 Å². The van der Waals surface area contributed by atoms with Gasteiger partial charge in [0, 0.05) is 39.4 Å². The molecule has 4 heterocycles. The van der Waals surface area contributed by atoms with E-state index in [2.05, 4.69) is 15.3 Å². The van der Waals surface area contributed by atoms with E-state index in [0.717, 1.165) is 11.8 Å². The van der Waals surface area contributed by atoms with Crippen molar-refractivity contribution in [1.82, 2.24) is 19.6 Å². The van der Waals surface area contributed by atoms with Crippen molar-refractivity contribution >= 4 is 45.0 Å². The molecular weight excluding hydrogens is 506 g/mol. The molecule has 36 heavy (non-hydrogen) atoms. The fourth-order valence-electron chi connectivity index (χ4n) is 4.56. The van der Waals surface area contributed by atoms with Crippen molar-refractivity contribution in [2.24, 2.45) is 11.8 Å². The number of thioether (sulfide) groups is 1. The summed E-state index contributed by atoms with van der Waals surface area (Å²) >= 11 is 0.812. The monoisotopic (exact) mass is 531 g/mol. The van der Waals surface area contributed by atoms with Crippen LogP contribution in [0.4, 0.5) is 10.7 Å². The van der Waals surface area contributed by atoms with Gasteiger partial charge in [-0.15, -0.1) is 0 Å². The molecule has 13 heteroatoms. The number of methoxy groups -OCH3 is 1. The summed E-state index contributed by atoms with van der Waals surface area (Å²) in [6, 6.07) is 10.1. The molecule has 3 saturated heterocycles. The molecule has 0 aliphatic carbocycles. The zero-order chi connectivity index (χ0) is 25.3. The van der Waals surface area contributed by atoms with E-state index >= 15 is 0 Å². The Kier molecular flexibility index (Phi) is 6.97. The van der Waals surface area contributed by atoms with Crippen molar-refractivity contribution in [3.63, 3.8) is 0 Å². The number of carbonyl (C=O) groups excluding carboxylic acids is 2. The summed E-state index contributed by atoms with van der Waals surface area (Å²) < 4.78 is 38.4. The molecule has 0 spiro atoms. The van der Waals surface area contributed by atoms with Crippen LogP contribution < -0.4 is 15.0 Å². The molecule has 3 aliphatic heterocycles. The van der Waals surface area contributed by atoms with E-state index in [9.17, 15) is 18.0 Å². The smallest absolute Gasteiger partial charge is 0.290 e. The molecule has 3 aliphatic rings. The van der Waals surface area contributed by atoms with Gasteiger partial charge in [0.2, 0.25) is 21.9 Å². The maximum Gasteiger partial charge on any atom is 0.290 e. The average Bonchev–Trinajstić information content (AvgIpc) is 3.53. The van der Waals surface area contributed by atoms with Crippen LogP contribution in [-0.2, 0) is 19.6 Å². The Morgan fingerprint density at radius 1 is 1.08 bits per heavy atom. The number of fused-ring (bicyclic) bond motifs is 1. The van der Waals surface area contributed by atoms with E-state index in [1.807, 2.05) is 4.90 Å². The van der Waals surface area contributed by atoms with Gasteiger partial charge in [-0.2, -0.15) is 9.29 Å². The summed E-state index contributed by atoms with van der Waals surface area (Å²) in [5.41, 5.74) is 0.435. The second-order valence-electron chi connectivity index (χ2n) is 8.68. The normalized spacial score (nSPS) is 23.4. The Hall–Kier alpha value is -3.00. The molecule has 1 aromatic heterocycles. The molecule has 0 bridgehead atoms. The molecule has 2 amide bonds. The number of nitrogens with one attached hydrogen (secondary N) is 1. The Bertz CT molecular complexity index is 1290. The van der Waals surface area contributed by atoms with Crippen molar-refractivity contribution in [2.75, 3.05) is 51.4 Å². The lowest BCUT2D eigenvalue weighted by Gasteiger charge is -2.22. The number of benzene rings is 1. The zero-order valence-corrected chi connectivity index (χ0v) is 21.1. The van der Waals surface area contributed by atoms with Gasteiger partial charge < -0.3 is 14.4 Å². The number of anilines is 1. The zero-order valence-electron chi connectivity index (χ0n) is 19.5. The first-order valence-corrected chi connectivity index (χ1v) is 13.6. The highest BCUT2D eigenvalue weighted by Gasteiger charge is 2.45. The van der Waals surface area contributed by atoms with Crippen LogP contribution in [0.25, 0.3) is 6.08 Å². The SMILES string of the molecule is COCCOc1cc(C=C2SC(=O)NC2=O)nc(N2CC3CN(S(=O)(=O)c4ccccc4)CC3C2)n1. The molecule has 11 nitrogen and oxygen atoms in total. The lowest BCUT2D eigenvalue weighted by molar-refractivity contribution is -0.115. The van der Waals surface area contributed by atoms with Crippen molar-refractivity contribution < 1.29 is 27.5 Å². The maximum atomic E-state index is 13.0. The Balaban J connectivity index is 1.34. The third-order valence-corrected chi connectivity index (χ3v) is 8.94. The fraction of sp³-hybridized carbons (Fsp3) is 0.391. The fourth-order valence-corrected chi connectivity index (χ4v) is 6.80. The van der Waals surface area contributed by atoms with Crippen molar-refractivity contribution in [1.29, 1.82) is 0 Å². The number of imide groups is 1. The van der Waals surface area contributed by atoms with Crippen molar-refractivity contribution in [2.45, 2.75) is 4.90 Å². The van der Waals surface area contributed by atoms with Crippen LogP contribution in [0.5, 0.6) is 5.88 Å². The van der Waals surface area contributed by atoms with E-state index < -0.39 is 21.2 Å². The molecule has 2 atom stereocenters. The summed E-state index contributed by atoms with van der Waals surface area (Å²) in [4.78, 5) is 35.2. The molecule has 5 rings (SSSR count). The van der Waals surface area contributed by atoms with Gasteiger partial charge in [-0.05, 0) is 41.8 Å². The summed E-state index contributed by atoms with van der Waals surface area (Å²) in [6.45, 7) is 2.71. The van der Waals surface area contributed by atoms with Gasteiger partial charge in [-0.1, -0.05) is 18.2 Å². The van der Waals surface area contributed by atoms with E-state index in [4.69, 9.17) is 9.47 Å². The Morgan fingerprint density at radius 3 is 2.44 bits per heavy atom. The molecular formula is C23H25N5O6S2. The molecule has 2 unspecified atom stereocenters. The first-order valence-electron chi connectivity index (χ1n) is 11.4. The minimum atomic E-state index is -3.54. The Morgan fingerprint density at radius 2 is 1.81 bits per heavy atom. The van der Waals surface area contributed by atoms with E-state index in [0.29, 0.717) is 55.2 Å². The van der Waals surface area contributed by atoms with Crippen LogP contribution in [0.15, 0.2) is 46.2 Å². The average molecular weight is 532 g/mol. The van der Waals surface area contributed by atoms with Gasteiger partial charge >= 0.3 is 0 Å². The number of carbonyl (C=O) groups is 2. The van der Waals surface area contributed by atoms with Gasteiger partial charge in [0.05, 0.1) is 22.1 Å². The highest BCUT2D eigenvalue weighted by molar-refractivity contribution is 8.18. The second-order valence-corrected chi connectivity index (χ2v) is 11.6. The van der Waals surface area contributed by atoms with Crippen LogP contribution >= 0.6 is 11.8 Å². The predicted molar refractivity (Wildman–Crippen MR) is 133 cm³/mol. The van der Waals surface area contributed by atoms with Crippen LogP contribution in [0.1, 0.15) is 5.69 Å². The van der Waals surface area contributed by atoms with Gasteiger partial charge in [-0.3, -0.25) is 14.9 Å². The molecule has 190 valence electrons. The molecule has 2 aromatic rings. The summed E-state index contributed by atoms with van der Waals surface area (Å²) in [7, 11) is -1.96. The number of nitrogens with zero attached hydrogens (tertiary/aromatic N) is 4.